The highest BCUT2D eigenvalue weighted by Gasteiger charge is 2.25. The lowest BCUT2D eigenvalue weighted by molar-refractivity contribution is 0.0262. The number of halogens is 1. The van der Waals surface area contributed by atoms with Gasteiger partial charge >= 0.3 is 0 Å². The van der Waals surface area contributed by atoms with Crippen LogP contribution in [0, 0.1) is 5.92 Å². The van der Waals surface area contributed by atoms with Crippen LogP contribution < -0.4 is 10.2 Å². The summed E-state index contributed by atoms with van der Waals surface area (Å²) in [7, 11) is 0. The number of rotatable bonds is 6. The molecule has 108 valence electrons. The number of aromatic nitrogens is 1. The lowest BCUT2D eigenvalue weighted by atomic mass is 9.96. The van der Waals surface area contributed by atoms with Crippen LogP contribution in [0.25, 0.3) is 0 Å². The highest BCUT2D eigenvalue weighted by Crippen LogP contribution is 2.29. The fourth-order valence-electron chi connectivity index (χ4n) is 1.89. The summed E-state index contributed by atoms with van der Waals surface area (Å²) >= 11 is 5.87. The van der Waals surface area contributed by atoms with Crippen LogP contribution in [0.5, 0.6) is 5.88 Å². The van der Waals surface area contributed by atoms with E-state index in [9.17, 15) is 4.79 Å². The fraction of sp³-hybridized carbons (Fsp3) is 0.571. The van der Waals surface area contributed by atoms with Crippen molar-refractivity contribution in [1.29, 1.82) is 0 Å². The largest absolute Gasteiger partial charge is 0.474 e. The molecule has 20 heavy (non-hydrogen) atoms. The second-order valence-corrected chi connectivity index (χ2v) is 5.73. The molecule has 2 fully saturated rings. The second-order valence-electron chi connectivity index (χ2n) is 5.34. The van der Waals surface area contributed by atoms with Crippen molar-refractivity contribution in [2.24, 2.45) is 5.92 Å². The van der Waals surface area contributed by atoms with E-state index in [1.54, 1.807) is 12.1 Å². The summed E-state index contributed by atoms with van der Waals surface area (Å²) in [4.78, 5) is 21.4. The summed E-state index contributed by atoms with van der Waals surface area (Å²) in [5.74, 6) is 0.531. The number of hydrogen-bond donors (Lipinski definition) is 1. The molecule has 1 aromatic rings. The van der Waals surface area contributed by atoms with Crippen molar-refractivity contribution in [1.82, 2.24) is 10.5 Å². The maximum atomic E-state index is 12.1. The van der Waals surface area contributed by atoms with Crippen molar-refractivity contribution in [3.63, 3.8) is 0 Å². The third-order valence-electron chi connectivity index (χ3n) is 3.58. The van der Waals surface area contributed by atoms with Gasteiger partial charge in [-0.3, -0.25) is 9.63 Å². The van der Waals surface area contributed by atoms with Gasteiger partial charge in [0.05, 0.1) is 6.61 Å². The van der Waals surface area contributed by atoms with Gasteiger partial charge in [0.1, 0.15) is 16.8 Å². The third-order valence-corrected chi connectivity index (χ3v) is 3.79. The molecule has 0 aromatic carbocycles. The van der Waals surface area contributed by atoms with Crippen molar-refractivity contribution in [2.45, 2.75) is 38.2 Å². The number of amides is 1. The van der Waals surface area contributed by atoms with Crippen LogP contribution >= 0.6 is 11.6 Å². The van der Waals surface area contributed by atoms with E-state index in [0.717, 1.165) is 19.3 Å². The standard InChI is InChI=1S/C14H17ClN2O3/c15-12-7-6-11(13(18)17-19-8-9-4-5-9)14(16-12)20-10-2-1-3-10/h6-7,9-10H,1-5,8H2,(H,17,18). The molecule has 0 radical (unpaired) electrons. The first-order chi connectivity index (χ1) is 9.72. The lowest BCUT2D eigenvalue weighted by Crippen LogP contribution is -2.29. The summed E-state index contributed by atoms with van der Waals surface area (Å²) in [6, 6.07) is 3.18. The van der Waals surface area contributed by atoms with Gasteiger partial charge in [0.2, 0.25) is 5.88 Å². The first kappa shape index (κ1) is 13.6. The topological polar surface area (TPSA) is 60.5 Å². The van der Waals surface area contributed by atoms with Crippen LogP contribution in [0.15, 0.2) is 12.1 Å². The normalized spacial score (nSPS) is 18.4. The van der Waals surface area contributed by atoms with Gasteiger partial charge in [-0.15, -0.1) is 0 Å². The van der Waals surface area contributed by atoms with Gasteiger partial charge in [-0.25, -0.2) is 10.5 Å². The average Bonchev–Trinajstić information content (AvgIpc) is 3.18. The van der Waals surface area contributed by atoms with E-state index in [2.05, 4.69) is 10.5 Å². The Morgan fingerprint density at radius 2 is 2.15 bits per heavy atom. The molecule has 0 unspecified atom stereocenters. The van der Waals surface area contributed by atoms with Crippen molar-refractivity contribution in [3.8, 4) is 5.88 Å². The van der Waals surface area contributed by atoms with Gasteiger partial charge in [0.25, 0.3) is 5.91 Å². The van der Waals surface area contributed by atoms with Gasteiger partial charge in [-0.1, -0.05) is 11.6 Å². The molecule has 0 aliphatic heterocycles. The molecular formula is C14H17ClN2O3. The minimum atomic E-state index is -0.343. The number of carbonyl (C=O) groups is 1. The molecule has 1 amide bonds. The Hall–Kier alpha value is -1.33. The Balaban J connectivity index is 1.64. The van der Waals surface area contributed by atoms with E-state index in [-0.39, 0.29) is 17.9 Å². The van der Waals surface area contributed by atoms with Gasteiger partial charge in [0, 0.05) is 0 Å². The fourth-order valence-corrected chi connectivity index (χ4v) is 2.03. The average molecular weight is 297 g/mol. The SMILES string of the molecule is O=C(NOCC1CC1)c1ccc(Cl)nc1OC1CCC1. The molecule has 2 saturated carbocycles. The zero-order valence-corrected chi connectivity index (χ0v) is 11.9. The molecule has 1 aromatic heterocycles. The first-order valence-electron chi connectivity index (χ1n) is 6.97. The maximum absolute atomic E-state index is 12.1. The second kappa shape index (κ2) is 5.97. The first-order valence-corrected chi connectivity index (χ1v) is 7.35. The molecule has 2 aliphatic rings. The number of pyridine rings is 1. The molecular weight excluding hydrogens is 280 g/mol. The molecule has 6 heteroatoms. The third kappa shape index (κ3) is 3.41. The molecule has 0 bridgehead atoms. The minimum Gasteiger partial charge on any atom is -0.474 e. The molecule has 2 aliphatic carbocycles. The number of ether oxygens (including phenoxy) is 1. The Kier molecular flexibility index (Phi) is 4.08. The van der Waals surface area contributed by atoms with Crippen LogP contribution in [0.1, 0.15) is 42.5 Å². The van der Waals surface area contributed by atoms with Gasteiger partial charge in [-0.2, -0.15) is 0 Å². The van der Waals surface area contributed by atoms with E-state index in [1.165, 1.54) is 12.8 Å². The van der Waals surface area contributed by atoms with Crippen LogP contribution in [0.4, 0.5) is 0 Å². The number of hydroxylamine groups is 1. The van der Waals surface area contributed by atoms with Crippen molar-refractivity contribution in [3.05, 3.63) is 22.8 Å². The lowest BCUT2D eigenvalue weighted by Gasteiger charge is -2.26. The number of carbonyl (C=O) groups excluding carboxylic acids is 1. The maximum Gasteiger partial charge on any atom is 0.280 e. The highest BCUT2D eigenvalue weighted by atomic mass is 35.5. The molecule has 0 atom stereocenters. The number of nitrogens with zero attached hydrogens (tertiary/aromatic N) is 1. The Bertz CT molecular complexity index is 501. The quantitative estimate of drug-likeness (QED) is 0.648. The minimum absolute atomic E-state index is 0.139. The van der Waals surface area contributed by atoms with Crippen molar-refractivity contribution in [2.75, 3.05) is 6.61 Å². The highest BCUT2D eigenvalue weighted by molar-refractivity contribution is 6.29. The summed E-state index contributed by atoms with van der Waals surface area (Å²) in [5.41, 5.74) is 2.80. The van der Waals surface area contributed by atoms with Gasteiger partial charge < -0.3 is 4.74 Å². The summed E-state index contributed by atoms with van der Waals surface area (Å²) in [5, 5.41) is 0.315. The predicted octanol–water partition coefficient (Wildman–Crippen LogP) is 2.74. The molecule has 3 rings (SSSR count). The Morgan fingerprint density at radius 1 is 1.35 bits per heavy atom. The van der Waals surface area contributed by atoms with Gasteiger partial charge in [-0.05, 0) is 50.2 Å². The molecule has 1 N–H and O–H groups in total. The molecule has 0 spiro atoms. The Morgan fingerprint density at radius 3 is 2.80 bits per heavy atom. The van der Waals surface area contributed by atoms with E-state index >= 15 is 0 Å². The summed E-state index contributed by atoms with van der Waals surface area (Å²) in [6.45, 7) is 0.561. The smallest absolute Gasteiger partial charge is 0.280 e. The molecule has 0 saturated heterocycles. The van der Waals surface area contributed by atoms with E-state index in [4.69, 9.17) is 21.2 Å². The van der Waals surface area contributed by atoms with E-state index in [0.29, 0.717) is 23.2 Å². The predicted molar refractivity (Wildman–Crippen MR) is 73.7 cm³/mol. The van der Waals surface area contributed by atoms with Gasteiger partial charge in [0.15, 0.2) is 0 Å². The molecule has 5 nitrogen and oxygen atoms in total. The zero-order chi connectivity index (χ0) is 13.9. The van der Waals surface area contributed by atoms with Crippen LogP contribution in [-0.2, 0) is 4.84 Å². The van der Waals surface area contributed by atoms with Crippen LogP contribution in [-0.4, -0.2) is 23.6 Å². The summed E-state index contributed by atoms with van der Waals surface area (Å²) in [6.07, 6.45) is 5.63. The van der Waals surface area contributed by atoms with Crippen LogP contribution in [0.3, 0.4) is 0 Å². The molecule has 1 heterocycles. The number of hydrogen-bond acceptors (Lipinski definition) is 4. The van der Waals surface area contributed by atoms with E-state index in [1.807, 2.05) is 0 Å². The van der Waals surface area contributed by atoms with Crippen molar-refractivity contribution >= 4 is 17.5 Å². The van der Waals surface area contributed by atoms with Crippen molar-refractivity contribution < 1.29 is 14.4 Å². The van der Waals surface area contributed by atoms with Crippen LogP contribution in [0.2, 0.25) is 5.15 Å². The zero-order valence-electron chi connectivity index (χ0n) is 11.1. The Labute approximate surface area is 122 Å². The summed E-state index contributed by atoms with van der Waals surface area (Å²) < 4.78 is 5.71. The van der Waals surface area contributed by atoms with E-state index < -0.39 is 0 Å². The number of nitrogens with one attached hydrogen (secondary N) is 1. The monoisotopic (exact) mass is 296 g/mol.